The van der Waals surface area contributed by atoms with Gasteiger partial charge >= 0.3 is 0 Å². The van der Waals surface area contributed by atoms with Crippen molar-refractivity contribution in [3.8, 4) is 11.5 Å². The van der Waals surface area contributed by atoms with Crippen LogP contribution in [0.1, 0.15) is 11.3 Å². The molecule has 2 saturated heterocycles. The van der Waals surface area contributed by atoms with Gasteiger partial charge in [0.15, 0.2) is 17.3 Å². The molecule has 1 spiro atoms. The molecule has 4 heterocycles. The number of fused-ring (bicyclic) bond motifs is 1. The Balaban J connectivity index is 1.27. The highest BCUT2D eigenvalue weighted by Gasteiger charge is 2.67. The van der Waals surface area contributed by atoms with E-state index in [0.29, 0.717) is 42.6 Å². The minimum atomic E-state index is -0.792. The number of aromatic nitrogens is 1. The molecule has 2 fully saturated rings. The summed E-state index contributed by atoms with van der Waals surface area (Å²) in [7, 11) is 3.18. The normalized spacial score (nSPS) is 27.7. The number of carbonyl (C=O) groups excluding carboxylic acids is 2. The summed E-state index contributed by atoms with van der Waals surface area (Å²) in [6.07, 6.45) is 4.03. The third kappa shape index (κ3) is 3.15. The topological polar surface area (TPSA) is 103 Å². The maximum atomic E-state index is 13.2. The molecule has 3 aliphatic rings. The van der Waals surface area contributed by atoms with E-state index in [1.807, 2.05) is 30.4 Å². The first-order valence-corrected chi connectivity index (χ1v) is 10.6. The predicted molar refractivity (Wildman–Crippen MR) is 114 cm³/mol. The Morgan fingerprint density at radius 2 is 2.09 bits per heavy atom. The van der Waals surface area contributed by atoms with Crippen LogP contribution in [-0.2, 0) is 20.7 Å². The lowest BCUT2D eigenvalue weighted by Gasteiger charge is -2.23. The molecule has 1 aromatic heterocycles. The maximum absolute atomic E-state index is 13.2. The molecule has 0 unspecified atom stereocenters. The minimum absolute atomic E-state index is 0.162. The maximum Gasteiger partial charge on any atom is 0.235 e. The highest BCUT2D eigenvalue weighted by Crippen LogP contribution is 2.52. The van der Waals surface area contributed by atoms with E-state index in [-0.39, 0.29) is 11.8 Å². The van der Waals surface area contributed by atoms with Crippen LogP contribution in [0.3, 0.4) is 0 Å². The number of nitrogens with one attached hydrogen (secondary N) is 1. The van der Waals surface area contributed by atoms with Gasteiger partial charge in [0.1, 0.15) is 11.4 Å². The van der Waals surface area contributed by atoms with Crippen molar-refractivity contribution < 1.29 is 28.3 Å². The van der Waals surface area contributed by atoms with Crippen molar-refractivity contribution in [3.05, 3.63) is 47.7 Å². The lowest BCUT2D eigenvalue weighted by atomic mass is 9.77. The number of hydrogen-bond acceptors (Lipinski definition) is 7. The van der Waals surface area contributed by atoms with Crippen LogP contribution in [0.25, 0.3) is 0 Å². The number of anilines is 1. The summed E-state index contributed by atoms with van der Waals surface area (Å²) >= 11 is 0. The van der Waals surface area contributed by atoms with Crippen molar-refractivity contribution in [1.29, 1.82) is 0 Å². The zero-order chi connectivity index (χ0) is 22.5. The predicted octanol–water partition coefficient (Wildman–Crippen LogP) is 1.65. The Morgan fingerprint density at radius 1 is 1.28 bits per heavy atom. The van der Waals surface area contributed by atoms with Crippen molar-refractivity contribution in [3.63, 3.8) is 0 Å². The van der Waals surface area contributed by atoms with Crippen molar-refractivity contribution in [2.24, 2.45) is 11.8 Å². The van der Waals surface area contributed by atoms with Crippen LogP contribution in [0.5, 0.6) is 11.5 Å². The van der Waals surface area contributed by atoms with Gasteiger partial charge < -0.3 is 24.1 Å². The molecule has 4 atom stereocenters. The molecular weight excluding hydrogens is 414 g/mol. The van der Waals surface area contributed by atoms with Gasteiger partial charge in [0.05, 0.1) is 38.7 Å². The highest BCUT2D eigenvalue weighted by atomic mass is 16.5. The second-order valence-corrected chi connectivity index (χ2v) is 8.35. The van der Waals surface area contributed by atoms with E-state index >= 15 is 0 Å². The van der Waals surface area contributed by atoms with Gasteiger partial charge in [-0.05, 0) is 31.0 Å². The second-order valence-electron chi connectivity index (χ2n) is 8.35. The molecule has 3 aliphatic heterocycles. The fraction of sp³-hybridized carbons (Fsp3) is 0.435. The van der Waals surface area contributed by atoms with Gasteiger partial charge in [-0.25, -0.2) is 0 Å². The van der Waals surface area contributed by atoms with Gasteiger partial charge in [-0.2, -0.15) is 0 Å². The van der Waals surface area contributed by atoms with Crippen LogP contribution in [0, 0.1) is 18.8 Å². The van der Waals surface area contributed by atoms with E-state index in [4.69, 9.17) is 18.7 Å². The Kier molecular flexibility index (Phi) is 4.93. The Labute approximate surface area is 185 Å². The van der Waals surface area contributed by atoms with E-state index < -0.39 is 23.5 Å². The number of methoxy groups -OCH3 is 2. The molecule has 0 aliphatic carbocycles. The van der Waals surface area contributed by atoms with Gasteiger partial charge in [-0.3, -0.25) is 14.5 Å². The zero-order valence-corrected chi connectivity index (χ0v) is 18.2. The SMILES string of the molecule is COc1ccc(CCNC(=O)[C@@H]2[C@H]3C(=O)N(c4cc(C)on4)C[C@]34C=C[C@H]2O4)cc1OC. The fourth-order valence-electron chi connectivity index (χ4n) is 4.96. The molecule has 2 amide bonds. The molecule has 2 bridgehead atoms. The first kappa shape index (κ1) is 20.6. The standard InChI is InChI=1S/C23H25N3O6/c1-13-10-18(25-32-13)26-12-23-8-6-16(31-23)19(20(23)22(26)28)21(27)24-9-7-14-4-5-15(29-2)17(11-14)30-3/h4-6,8,10-11,16,19-20H,7,9,12H2,1-3H3,(H,24,27)/t16-,19+,20+,23-/m1/s1. The van der Waals surface area contributed by atoms with Gasteiger partial charge in [0.2, 0.25) is 11.8 Å². The molecular formula is C23H25N3O6. The van der Waals surface area contributed by atoms with Crippen molar-refractivity contribution in [2.75, 3.05) is 32.2 Å². The van der Waals surface area contributed by atoms with Crippen LogP contribution in [0.2, 0.25) is 0 Å². The summed E-state index contributed by atoms with van der Waals surface area (Å²) < 4.78 is 21.9. The zero-order valence-electron chi connectivity index (χ0n) is 18.2. The van der Waals surface area contributed by atoms with Crippen LogP contribution in [-0.4, -0.2) is 56.0 Å². The first-order valence-electron chi connectivity index (χ1n) is 10.6. The molecule has 9 heteroatoms. The molecule has 1 aromatic carbocycles. The summed E-state index contributed by atoms with van der Waals surface area (Å²) in [5.74, 6) is 0.875. The number of carbonyl (C=O) groups is 2. The number of amides is 2. The number of aryl methyl sites for hydroxylation is 1. The number of rotatable bonds is 7. The number of ether oxygens (including phenoxy) is 3. The van der Waals surface area contributed by atoms with Gasteiger partial charge in [0.25, 0.3) is 0 Å². The van der Waals surface area contributed by atoms with E-state index in [0.717, 1.165) is 5.56 Å². The Bertz CT molecular complexity index is 1100. The molecule has 2 aromatic rings. The minimum Gasteiger partial charge on any atom is -0.493 e. The van der Waals surface area contributed by atoms with Crippen LogP contribution >= 0.6 is 0 Å². The van der Waals surface area contributed by atoms with E-state index in [9.17, 15) is 9.59 Å². The summed E-state index contributed by atoms with van der Waals surface area (Å²) in [6.45, 7) is 2.53. The highest BCUT2D eigenvalue weighted by molar-refractivity contribution is 6.02. The van der Waals surface area contributed by atoms with Gasteiger partial charge in [-0.15, -0.1) is 0 Å². The molecule has 5 rings (SSSR count). The quantitative estimate of drug-likeness (QED) is 0.655. The van der Waals surface area contributed by atoms with E-state index in [1.165, 1.54) is 0 Å². The molecule has 168 valence electrons. The molecule has 32 heavy (non-hydrogen) atoms. The van der Waals surface area contributed by atoms with Crippen molar-refractivity contribution in [1.82, 2.24) is 10.5 Å². The summed E-state index contributed by atoms with van der Waals surface area (Å²) in [5.41, 5.74) is 0.216. The smallest absolute Gasteiger partial charge is 0.235 e. The van der Waals surface area contributed by atoms with Gasteiger partial charge in [0, 0.05) is 12.6 Å². The van der Waals surface area contributed by atoms with Crippen LogP contribution < -0.4 is 19.7 Å². The third-order valence-electron chi connectivity index (χ3n) is 6.46. The lowest BCUT2D eigenvalue weighted by Crippen LogP contribution is -2.44. The number of hydrogen-bond donors (Lipinski definition) is 1. The summed E-state index contributed by atoms with van der Waals surface area (Å²) in [5, 5.41) is 6.95. The first-order chi connectivity index (χ1) is 15.5. The van der Waals surface area contributed by atoms with Crippen LogP contribution in [0.4, 0.5) is 5.82 Å². The second kappa shape index (κ2) is 7.67. The molecule has 1 N–H and O–H groups in total. The van der Waals surface area contributed by atoms with E-state index in [1.54, 1.807) is 32.1 Å². The van der Waals surface area contributed by atoms with Crippen molar-refractivity contribution in [2.45, 2.75) is 25.0 Å². The number of benzene rings is 1. The summed E-state index contributed by atoms with van der Waals surface area (Å²) in [4.78, 5) is 27.9. The van der Waals surface area contributed by atoms with E-state index in [2.05, 4.69) is 10.5 Å². The Morgan fingerprint density at radius 3 is 2.81 bits per heavy atom. The van der Waals surface area contributed by atoms with Gasteiger partial charge in [-0.1, -0.05) is 23.4 Å². The molecule has 9 nitrogen and oxygen atoms in total. The average Bonchev–Trinajstić information content (AvgIpc) is 3.54. The van der Waals surface area contributed by atoms with Crippen molar-refractivity contribution >= 4 is 17.6 Å². The lowest BCUT2D eigenvalue weighted by molar-refractivity contribution is -0.131. The molecule has 0 saturated carbocycles. The average molecular weight is 439 g/mol. The third-order valence-corrected chi connectivity index (χ3v) is 6.46. The molecule has 0 radical (unpaired) electrons. The van der Waals surface area contributed by atoms with Crippen LogP contribution in [0.15, 0.2) is 40.9 Å². The summed E-state index contributed by atoms with van der Waals surface area (Å²) in [6, 6.07) is 7.38. The fourth-order valence-corrected chi connectivity index (χ4v) is 4.96. The number of nitrogens with zero attached hydrogens (tertiary/aromatic N) is 2. The Hall–Kier alpha value is -3.33. The largest absolute Gasteiger partial charge is 0.493 e. The monoisotopic (exact) mass is 439 g/mol.